The van der Waals surface area contributed by atoms with Gasteiger partial charge < -0.3 is 15.1 Å². The topological polar surface area (TPSA) is 48.5 Å². The van der Waals surface area contributed by atoms with Crippen LogP contribution in [-0.2, 0) is 0 Å². The van der Waals surface area contributed by atoms with Crippen molar-refractivity contribution in [3.05, 3.63) is 34.2 Å². The summed E-state index contributed by atoms with van der Waals surface area (Å²) < 4.78 is 1.02. The average molecular weight is 381 g/mol. The highest BCUT2D eigenvalue weighted by Crippen LogP contribution is 2.35. The first-order valence-electron chi connectivity index (χ1n) is 7.21. The van der Waals surface area contributed by atoms with Crippen molar-refractivity contribution in [3.8, 4) is 0 Å². The van der Waals surface area contributed by atoms with Gasteiger partial charge >= 0.3 is 0 Å². The predicted molar refractivity (Wildman–Crippen MR) is 106 cm³/mol. The number of hydrogen-bond acceptors (Lipinski definition) is 6. The lowest BCUT2D eigenvalue weighted by Gasteiger charge is -2.18. The highest BCUT2D eigenvalue weighted by molar-refractivity contribution is 7.29. The summed E-state index contributed by atoms with van der Waals surface area (Å²) in [5.41, 5.74) is 1.59. The number of hydrogen-bond donors (Lipinski definition) is 1. The molecule has 1 N–H and O–H groups in total. The molecule has 0 bridgehead atoms. The molecule has 8 heteroatoms. The molecule has 0 saturated carbocycles. The normalized spacial score (nSPS) is 10.9. The highest BCUT2D eigenvalue weighted by atomic mass is 35.5. The Morgan fingerprint density at radius 2 is 1.88 bits per heavy atom. The van der Waals surface area contributed by atoms with Crippen LogP contribution in [-0.4, -0.2) is 39.1 Å². The Bertz CT molecular complexity index is 869. The number of nitrogens with zero attached hydrogens (tertiary/aromatic N) is 3. The SMILES string of the molecule is CN(C)c1nc2sc(C(=O)Nc3cc(Cl)ccc3N(C)C)cc2s1. The molecule has 5 nitrogen and oxygen atoms in total. The number of thiophene rings is 1. The minimum Gasteiger partial charge on any atom is -0.376 e. The molecule has 0 atom stereocenters. The molecule has 1 aromatic carbocycles. The van der Waals surface area contributed by atoms with Crippen LogP contribution in [0.2, 0.25) is 5.02 Å². The second kappa shape index (κ2) is 6.58. The fraction of sp³-hybridized carbons (Fsp3) is 0.250. The molecule has 0 aliphatic heterocycles. The third-order valence-corrected chi connectivity index (χ3v) is 5.94. The lowest BCUT2D eigenvalue weighted by molar-refractivity contribution is 0.103. The van der Waals surface area contributed by atoms with E-state index in [1.165, 1.54) is 11.3 Å². The van der Waals surface area contributed by atoms with Gasteiger partial charge in [0.25, 0.3) is 5.91 Å². The number of benzene rings is 1. The van der Waals surface area contributed by atoms with E-state index in [4.69, 9.17) is 11.6 Å². The van der Waals surface area contributed by atoms with E-state index in [0.29, 0.717) is 15.6 Å². The predicted octanol–water partition coefficient (Wildman–Crippen LogP) is 4.40. The molecule has 1 amide bonds. The molecule has 0 saturated heterocycles. The Morgan fingerprint density at radius 3 is 2.50 bits per heavy atom. The first-order chi connectivity index (χ1) is 11.3. The van der Waals surface area contributed by atoms with Crippen molar-refractivity contribution in [1.82, 2.24) is 4.98 Å². The Balaban J connectivity index is 1.87. The monoisotopic (exact) mass is 380 g/mol. The summed E-state index contributed by atoms with van der Waals surface area (Å²) in [6.45, 7) is 0. The number of anilines is 3. The van der Waals surface area contributed by atoms with Crippen molar-refractivity contribution in [2.24, 2.45) is 0 Å². The van der Waals surface area contributed by atoms with Crippen LogP contribution in [0.25, 0.3) is 9.53 Å². The summed E-state index contributed by atoms with van der Waals surface area (Å²) in [6.07, 6.45) is 0. The summed E-state index contributed by atoms with van der Waals surface area (Å²) in [4.78, 5) is 22.5. The second-order valence-electron chi connectivity index (χ2n) is 5.68. The minimum atomic E-state index is -0.151. The zero-order valence-electron chi connectivity index (χ0n) is 13.8. The van der Waals surface area contributed by atoms with Gasteiger partial charge in [0.05, 0.1) is 21.0 Å². The fourth-order valence-corrected chi connectivity index (χ4v) is 4.41. The fourth-order valence-electron chi connectivity index (χ4n) is 2.21. The van der Waals surface area contributed by atoms with Gasteiger partial charge in [-0.1, -0.05) is 22.9 Å². The molecule has 0 spiro atoms. The van der Waals surface area contributed by atoms with Gasteiger partial charge in [-0.3, -0.25) is 4.79 Å². The molecule has 0 unspecified atom stereocenters. The van der Waals surface area contributed by atoms with Crippen molar-refractivity contribution in [2.45, 2.75) is 0 Å². The summed E-state index contributed by atoms with van der Waals surface area (Å²) in [6, 6.07) is 7.34. The maximum Gasteiger partial charge on any atom is 0.265 e. The van der Waals surface area contributed by atoms with E-state index in [1.807, 2.05) is 50.1 Å². The average Bonchev–Trinajstić information content (AvgIpc) is 3.05. The van der Waals surface area contributed by atoms with Crippen LogP contribution in [0.4, 0.5) is 16.5 Å². The number of carbonyl (C=O) groups excluding carboxylic acids is 1. The molecule has 2 heterocycles. The standard InChI is InChI=1S/C16H17ClN4OS2/c1-20(2)11-6-5-9(17)7-10(11)18-14(22)12-8-13-15(23-12)19-16(24-13)21(3)4/h5-8H,1-4H3,(H,18,22). The molecule has 0 radical (unpaired) electrons. The molecule has 3 rings (SSSR count). The largest absolute Gasteiger partial charge is 0.376 e. The number of amides is 1. The number of nitrogens with one attached hydrogen (secondary N) is 1. The van der Waals surface area contributed by atoms with Gasteiger partial charge in [0, 0.05) is 33.2 Å². The lowest BCUT2D eigenvalue weighted by Crippen LogP contribution is -2.16. The number of carbonyl (C=O) groups is 1. The Kier molecular flexibility index (Phi) is 4.67. The van der Waals surface area contributed by atoms with E-state index < -0.39 is 0 Å². The molecule has 0 aliphatic rings. The van der Waals surface area contributed by atoms with Gasteiger partial charge in [-0.25, -0.2) is 4.98 Å². The van der Waals surface area contributed by atoms with Crippen LogP contribution in [0, 0.1) is 0 Å². The van der Waals surface area contributed by atoms with E-state index >= 15 is 0 Å². The van der Waals surface area contributed by atoms with Crippen LogP contribution in [0.3, 0.4) is 0 Å². The molecule has 0 fully saturated rings. The van der Waals surface area contributed by atoms with Crippen molar-refractivity contribution >= 4 is 66.2 Å². The maximum atomic E-state index is 12.6. The Hall–Kier alpha value is -1.83. The highest BCUT2D eigenvalue weighted by Gasteiger charge is 2.16. The molecule has 2 aromatic heterocycles. The molecule has 126 valence electrons. The molecular formula is C16H17ClN4OS2. The summed E-state index contributed by atoms with van der Waals surface area (Å²) >= 11 is 9.04. The van der Waals surface area contributed by atoms with Crippen molar-refractivity contribution in [2.75, 3.05) is 43.3 Å². The van der Waals surface area contributed by atoms with Crippen LogP contribution in [0.1, 0.15) is 9.67 Å². The lowest BCUT2D eigenvalue weighted by atomic mass is 10.2. The van der Waals surface area contributed by atoms with E-state index in [1.54, 1.807) is 23.5 Å². The van der Waals surface area contributed by atoms with Gasteiger partial charge in [-0.2, -0.15) is 0 Å². The molecule has 24 heavy (non-hydrogen) atoms. The van der Waals surface area contributed by atoms with Gasteiger partial charge in [-0.15, -0.1) is 11.3 Å². The van der Waals surface area contributed by atoms with E-state index in [0.717, 1.165) is 20.3 Å². The van der Waals surface area contributed by atoms with Crippen molar-refractivity contribution < 1.29 is 4.79 Å². The number of rotatable bonds is 4. The van der Waals surface area contributed by atoms with Gasteiger partial charge in [0.2, 0.25) is 0 Å². The van der Waals surface area contributed by atoms with Gasteiger partial charge in [0.1, 0.15) is 4.83 Å². The Labute approximate surface area is 153 Å². The minimum absolute atomic E-state index is 0.151. The van der Waals surface area contributed by atoms with Gasteiger partial charge in [-0.05, 0) is 24.3 Å². The van der Waals surface area contributed by atoms with Crippen LogP contribution in [0.5, 0.6) is 0 Å². The quantitative estimate of drug-likeness (QED) is 0.729. The van der Waals surface area contributed by atoms with E-state index in [9.17, 15) is 4.79 Å². The molecule has 3 aromatic rings. The number of halogens is 1. The first-order valence-corrected chi connectivity index (χ1v) is 9.22. The summed E-state index contributed by atoms with van der Waals surface area (Å²) in [5.74, 6) is -0.151. The van der Waals surface area contributed by atoms with E-state index in [2.05, 4.69) is 10.3 Å². The number of aromatic nitrogens is 1. The Morgan fingerprint density at radius 1 is 1.12 bits per heavy atom. The number of thiazole rings is 1. The van der Waals surface area contributed by atoms with Crippen molar-refractivity contribution in [1.29, 1.82) is 0 Å². The van der Waals surface area contributed by atoms with Crippen LogP contribution in [0.15, 0.2) is 24.3 Å². The second-order valence-corrected chi connectivity index (χ2v) is 8.16. The smallest absolute Gasteiger partial charge is 0.265 e. The zero-order chi connectivity index (χ0) is 17.4. The van der Waals surface area contributed by atoms with Crippen LogP contribution >= 0.6 is 34.3 Å². The summed E-state index contributed by atoms with van der Waals surface area (Å²) in [5, 5.41) is 4.47. The third kappa shape index (κ3) is 3.33. The van der Waals surface area contributed by atoms with Crippen LogP contribution < -0.4 is 15.1 Å². The summed E-state index contributed by atoms with van der Waals surface area (Å²) in [7, 11) is 7.76. The molecule has 0 aliphatic carbocycles. The van der Waals surface area contributed by atoms with Gasteiger partial charge in [0.15, 0.2) is 5.13 Å². The third-order valence-electron chi connectivity index (χ3n) is 3.37. The first kappa shape index (κ1) is 17.0. The molecular weight excluding hydrogens is 364 g/mol. The maximum absolute atomic E-state index is 12.6. The zero-order valence-corrected chi connectivity index (χ0v) is 16.1. The van der Waals surface area contributed by atoms with Crippen molar-refractivity contribution in [3.63, 3.8) is 0 Å². The number of fused-ring (bicyclic) bond motifs is 1. The van der Waals surface area contributed by atoms with E-state index in [-0.39, 0.29) is 5.91 Å².